The van der Waals surface area contributed by atoms with E-state index < -0.39 is 6.23 Å². The van der Waals surface area contributed by atoms with E-state index in [4.69, 9.17) is 4.74 Å². The molecule has 0 spiro atoms. The predicted octanol–water partition coefficient (Wildman–Crippen LogP) is 1.66. The van der Waals surface area contributed by atoms with Crippen LogP contribution in [0.2, 0.25) is 0 Å². The van der Waals surface area contributed by atoms with E-state index in [1.54, 1.807) is 0 Å². The minimum atomic E-state index is -0.549. The lowest BCUT2D eigenvalue weighted by molar-refractivity contribution is -0.116. The van der Waals surface area contributed by atoms with E-state index in [1.807, 2.05) is 37.3 Å². The maximum absolute atomic E-state index is 10.5. The molecule has 0 aliphatic heterocycles. The highest BCUT2D eigenvalue weighted by molar-refractivity contribution is 5.62. The Morgan fingerprint density at radius 1 is 1.46 bits per heavy atom. The Hall–Kier alpha value is -1.35. The molecule has 0 radical (unpaired) electrons. The van der Waals surface area contributed by atoms with Crippen LogP contribution in [0.15, 0.2) is 30.3 Å². The van der Waals surface area contributed by atoms with Gasteiger partial charge in [0.15, 0.2) is 12.5 Å². The van der Waals surface area contributed by atoms with Gasteiger partial charge in [-0.05, 0) is 19.1 Å². The summed E-state index contributed by atoms with van der Waals surface area (Å²) in [5.41, 5.74) is 0.882. The van der Waals surface area contributed by atoms with Gasteiger partial charge in [-0.2, -0.15) is 0 Å². The van der Waals surface area contributed by atoms with Crippen molar-refractivity contribution in [2.24, 2.45) is 0 Å². The molecule has 0 aliphatic carbocycles. The molecule has 0 bridgehead atoms. The molecular weight excluding hydrogens is 166 g/mol. The normalized spacial score (nSPS) is 12.1. The second kappa shape index (κ2) is 5.32. The molecule has 3 nitrogen and oxygen atoms in total. The summed E-state index contributed by atoms with van der Waals surface area (Å²) in [6.07, 6.45) is 0.198. The molecule has 0 amide bonds. The van der Waals surface area contributed by atoms with E-state index in [-0.39, 0.29) is 0 Å². The number of aldehydes is 1. The van der Waals surface area contributed by atoms with Gasteiger partial charge in [-0.25, -0.2) is 0 Å². The van der Waals surface area contributed by atoms with Crippen molar-refractivity contribution in [2.45, 2.75) is 13.2 Å². The summed E-state index contributed by atoms with van der Waals surface area (Å²) in [6, 6.07) is 9.49. The summed E-state index contributed by atoms with van der Waals surface area (Å²) in [4.78, 5) is 10.5. The molecule has 1 rings (SSSR count). The number of rotatable bonds is 5. The fourth-order valence-electron chi connectivity index (χ4n) is 0.993. The van der Waals surface area contributed by atoms with Gasteiger partial charge in [-0.3, -0.25) is 4.79 Å². The lowest BCUT2D eigenvalue weighted by atomic mass is 10.3. The summed E-state index contributed by atoms with van der Waals surface area (Å²) >= 11 is 0. The summed E-state index contributed by atoms with van der Waals surface area (Å²) in [7, 11) is 0. The van der Waals surface area contributed by atoms with Crippen LogP contribution in [0.25, 0.3) is 0 Å². The number of anilines is 1. The van der Waals surface area contributed by atoms with Crippen molar-refractivity contribution in [3.05, 3.63) is 30.3 Å². The Bertz CT molecular complexity index is 248. The van der Waals surface area contributed by atoms with E-state index in [9.17, 15) is 4.79 Å². The minimum Gasteiger partial charge on any atom is -0.354 e. The van der Waals surface area contributed by atoms with E-state index in [2.05, 4.69) is 5.32 Å². The molecule has 0 aliphatic rings. The largest absolute Gasteiger partial charge is 0.354 e. The first-order valence-corrected chi connectivity index (χ1v) is 4.25. The third-order valence-corrected chi connectivity index (χ3v) is 1.55. The zero-order valence-electron chi connectivity index (χ0n) is 7.57. The van der Waals surface area contributed by atoms with Crippen LogP contribution >= 0.6 is 0 Å². The Morgan fingerprint density at radius 2 is 2.15 bits per heavy atom. The number of para-hydroxylation sites is 1. The molecule has 1 aromatic carbocycles. The van der Waals surface area contributed by atoms with Crippen molar-refractivity contribution >= 4 is 12.0 Å². The average molecular weight is 179 g/mol. The Morgan fingerprint density at radius 3 is 2.69 bits per heavy atom. The number of carbonyl (C=O) groups is 1. The van der Waals surface area contributed by atoms with E-state index >= 15 is 0 Å². The molecule has 1 N–H and O–H groups in total. The van der Waals surface area contributed by atoms with Gasteiger partial charge in [0.05, 0.1) is 0 Å². The van der Waals surface area contributed by atoms with Crippen LogP contribution in [0.5, 0.6) is 0 Å². The summed E-state index contributed by atoms with van der Waals surface area (Å²) in [5, 5.41) is 2.94. The molecule has 0 saturated heterocycles. The third-order valence-electron chi connectivity index (χ3n) is 1.55. The van der Waals surface area contributed by atoms with Gasteiger partial charge in [0.2, 0.25) is 0 Å². The van der Waals surface area contributed by atoms with Crippen LogP contribution in [0.4, 0.5) is 5.69 Å². The SMILES string of the molecule is CCOC(C=O)Nc1ccccc1. The topological polar surface area (TPSA) is 38.3 Å². The Kier molecular flexibility index (Phi) is 3.99. The smallest absolute Gasteiger partial charge is 0.184 e. The molecule has 0 fully saturated rings. The van der Waals surface area contributed by atoms with Gasteiger partial charge >= 0.3 is 0 Å². The molecule has 3 heteroatoms. The van der Waals surface area contributed by atoms with Gasteiger partial charge in [0.25, 0.3) is 0 Å². The van der Waals surface area contributed by atoms with Gasteiger partial charge in [0.1, 0.15) is 0 Å². The maximum atomic E-state index is 10.5. The molecular formula is C10H13NO2. The van der Waals surface area contributed by atoms with Crippen LogP contribution in [0, 0.1) is 0 Å². The quantitative estimate of drug-likeness (QED) is 0.552. The van der Waals surface area contributed by atoms with Crippen LogP contribution in [0.1, 0.15) is 6.92 Å². The van der Waals surface area contributed by atoms with E-state index in [0.717, 1.165) is 12.0 Å². The molecule has 0 heterocycles. The number of benzene rings is 1. The fourth-order valence-corrected chi connectivity index (χ4v) is 0.993. The number of nitrogens with one attached hydrogen (secondary N) is 1. The van der Waals surface area contributed by atoms with Crippen LogP contribution < -0.4 is 5.32 Å². The van der Waals surface area contributed by atoms with Crippen molar-refractivity contribution in [2.75, 3.05) is 11.9 Å². The monoisotopic (exact) mass is 179 g/mol. The van der Waals surface area contributed by atoms with Crippen LogP contribution in [-0.4, -0.2) is 19.1 Å². The first-order chi connectivity index (χ1) is 6.36. The summed E-state index contributed by atoms with van der Waals surface area (Å²) in [6.45, 7) is 2.37. The Labute approximate surface area is 77.7 Å². The lowest BCUT2D eigenvalue weighted by Gasteiger charge is -2.13. The molecule has 13 heavy (non-hydrogen) atoms. The third kappa shape index (κ3) is 3.25. The molecule has 0 saturated carbocycles. The molecule has 70 valence electrons. The van der Waals surface area contributed by atoms with E-state index in [0.29, 0.717) is 6.61 Å². The molecule has 1 atom stereocenters. The second-order valence-corrected chi connectivity index (χ2v) is 2.52. The Balaban J connectivity index is 2.51. The predicted molar refractivity (Wildman–Crippen MR) is 51.5 cm³/mol. The fraction of sp³-hybridized carbons (Fsp3) is 0.300. The second-order valence-electron chi connectivity index (χ2n) is 2.52. The first-order valence-electron chi connectivity index (χ1n) is 4.25. The highest BCUT2D eigenvalue weighted by Gasteiger charge is 2.04. The molecule has 1 aromatic rings. The average Bonchev–Trinajstić information content (AvgIpc) is 2.19. The highest BCUT2D eigenvalue weighted by atomic mass is 16.5. The molecule has 1 unspecified atom stereocenters. The van der Waals surface area contributed by atoms with Gasteiger partial charge in [-0.15, -0.1) is 0 Å². The molecule has 0 aromatic heterocycles. The van der Waals surface area contributed by atoms with Crippen molar-refractivity contribution in [3.8, 4) is 0 Å². The number of ether oxygens (including phenoxy) is 1. The minimum absolute atomic E-state index is 0.517. The maximum Gasteiger partial charge on any atom is 0.184 e. The van der Waals surface area contributed by atoms with E-state index in [1.165, 1.54) is 0 Å². The first kappa shape index (κ1) is 9.74. The number of carbonyl (C=O) groups excluding carboxylic acids is 1. The summed E-state index contributed by atoms with van der Waals surface area (Å²) in [5.74, 6) is 0. The standard InChI is InChI=1S/C10H13NO2/c1-2-13-10(8-12)11-9-6-4-3-5-7-9/h3-8,10-11H,2H2,1H3. The summed E-state index contributed by atoms with van der Waals surface area (Å²) < 4.78 is 5.12. The highest BCUT2D eigenvalue weighted by Crippen LogP contribution is 2.06. The van der Waals surface area contributed by atoms with Crippen LogP contribution in [-0.2, 0) is 9.53 Å². The van der Waals surface area contributed by atoms with Crippen molar-refractivity contribution < 1.29 is 9.53 Å². The van der Waals surface area contributed by atoms with Gasteiger partial charge in [-0.1, -0.05) is 18.2 Å². The van der Waals surface area contributed by atoms with Crippen molar-refractivity contribution in [1.29, 1.82) is 0 Å². The van der Waals surface area contributed by atoms with Gasteiger partial charge < -0.3 is 10.1 Å². The van der Waals surface area contributed by atoms with Gasteiger partial charge in [0, 0.05) is 12.3 Å². The zero-order chi connectivity index (χ0) is 9.52. The number of hydrogen-bond donors (Lipinski definition) is 1. The lowest BCUT2D eigenvalue weighted by Crippen LogP contribution is -2.24. The van der Waals surface area contributed by atoms with Crippen LogP contribution in [0.3, 0.4) is 0 Å². The number of hydrogen-bond acceptors (Lipinski definition) is 3. The zero-order valence-corrected chi connectivity index (χ0v) is 7.57. The van der Waals surface area contributed by atoms with Crippen molar-refractivity contribution in [3.63, 3.8) is 0 Å². The van der Waals surface area contributed by atoms with Crippen molar-refractivity contribution in [1.82, 2.24) is 0 Å².